The van der Waals surface area contributed by atoms with Gasteiger partial charge >= 0.3 is 6.18 Å². The Morgan fingerprint density at radius 3 is 2.16 bits per heavy atom. The molecule has 1 fully saturated rings. The van der Waals surface area contributed by atoms with Crippen LogP contribution in [0.15, 0.2) is 0 Å². The maximum atomic E-state index is 13.1. The van der Waals surface area contributed by atoms with Crippen LogP contribution in [0.25, 0.3) is 0 Å². The number of hydrogen-bond donors (Lipinski definition) is 1. The van der Waals surface area contributed by atoms with Gasteiger partial charge in [0, 0.05) is 6.04 Å². The van der Waals surface area contributed by atoms with Crippen LogP contribution in [0, 0.1) is 17.3 Å². The Morgan fingerprint density at radius 1 is 1.11 bits per heavy atom. The molecule has 0 spiro atoms. The molecule has 0 saturated heterocycles. The molecule has 3 unspecified atom stereocenters. The molecule has 0 aromatic carbocycles. The Kier molecular flexibility index (Phi) is 5.72. The maximum Gasteiger partial charge on any atom is 0.392 e. The van der Waals surface area contributed by atoms with Gasteiger partial charge in [0.2, 0.25) is 0 Å². The number of hydrogen-bond acceptors (Lipinski definition) is 1. The molecule has 0 aliphatic heterocycles. The molecule has 1 aliphatic carbocycles. The van der Waals surface area contributed by atoms with E-state index in [0.29, 0.717) is 12.8 Å². The van der Waals surface area contributed by atoms with Crippen LogP contribution in [0.5, 0.6) is 0 Å². The van der Waals surface area contributed by atoms with Crippen LogP contribution in [0.1, 0.15) is 59.3 Å². The molecular formula is C15H28F3N. The second kappa shape index (κ2) is 6.47. The van der Waals surface area contributed by atoms with E-state index >= 15 is 0 Å². The predicted molar refractivity (Wildman–Crippen MR) is 73.0 cm³/mol. The van der Waals surface area contributed by atoms with Gasteiger partial charge in [-0.2, -0.15) is 13.2 Å². The number of nitrogens with one attached hydrogen (secondary N) is 1. The highest BCUT2D eigenvalue weighted by Crippen LogP contribution is 2.43. The maximum absolute atomic E-state index is 13.1. The van der Waals surface area contributed by atoms with E-state index in [2.05, 4.69) is 26.1 Å². The van der Waals surface area contributed by atoms with E-state index in [4.69, 9.17) is 0 Å². The molecule has 1 rings (SSSR count). The normalized spacial score (nSPS) is 27.3. The van der Waals surface area contributed by atoms with E-state index < -0.39 is 12.1 Å². The zero-order valence-electron chi connectivity index (χ0n) is 12.6. The first kappa shape index (κ1) is 16.8. The zero-order chi connectivity index (χ0) is 14.7. The van der Waals surface area contributed by atoms with Gasteiger partial charge in [0.1, 0.15) is 0 Å². The van der Waals surface area contributed by atoms with Crippen molar-refractivity contribution < 1.29 is 13.2 Å². The summed E-state index contributed by atoms with van der Waals surface area (Å²) in [5.41, 5.74) is 0.178. The van der Waals surface area contributed by atoms with Gasteiger partial charge < -0.3 is 5.32 Å². The van der Waals surface area contributed by atoms with Gasteiger partial charge in [-0.05, 0) is 44.1 Å². The Balaban J connectivity index is 2.70. The average Bonchev–Trinajstić information content (AvgIpc) is 2.27. The van der Waals surface area contributed by atoms with Gasteiger partial charge in [-0.15, -0.1) is 0 Å². The minimum atomic E-state index is -4.04. The molecule has 0 radical (unpaired) electrons. The van der Waals surface area contributed by atoms with E-state index in [0.717, 1.165) is 25.7 Å². The average molecular weight is 279 g/mol. The third-order valence-electron chi connectivity index (χ3n) is 4.33. The third-order valence-corrected chi connectivity index (χ3v) is 4.33. The van der Waals surface area contributed by atoms with Gasteiger partial charge in [-0.3, -0.25) is 0 Å². The number of alkyl halides is 3. The molecule has 4 heteroatoms. The Labute approximate surface area is 115 Å². The molecule has 3 atom stereocenters. The summed E-state index contributed by atoms with van der Waals surface area (Å²) < 4.78 is 39.4. The summed E-state index contributed by atoms with van der Waals surface area (Å²) in [6.45, 7) is 6.42. The molecule has 0 aromatic rings. The lowest BCUT2D eigenvalue weighted by molar-refractivity contribution is -0.199. The minimum absolute atomic E-state index is 0.00819. The van der Waals surface area contributed by atoms with E-state index in [1.165, 1.54) is 0 Å². The first-order valence-electron chi connectivity index (χ1n) is 7.39. The number of halogens is 3. The van der Waals surface area contributed by atoms with E-state index in [9.17, 15) is 13.2 Å². The Bertz CT molecular complexity index is 268. The highest BCUT2D eigenvalue weighted by atomic mass is 19.4. The van der Waals surface area contributed by atoms with Crippen LogP contribution in [0.4, 0.5) is 13.2 Å². The Hall–Kier alpha value is -0.250. The lowest BCUT2D eigenvalue weighted by atomic mass is 9.72. The van der Waals surface area contributed by atoms with Gasteiger partial charge in [0.25, 0.3) is 0 Å². The largest absolute Gasteiger partial charge is 0.392 e. The lowest BCUT2D eigenvalue weighted by Crippen LogP contribution is -2.44. The quantitative estimate of drug-likeness (QED) is 0.781. The molecule has 0 heterocycles. The van der Waals surface area contributed by atoms with Crippen molar-refractivity contribution in [3.05, 3.63) is 0 Å². The summed E-state index contributed by atoms with van der Waals surface area (Å²) in [6, 6.07) is -0.00819. The van der Waals surface area contributed by atoms with Crippen molar-refractivity contribution >= 4 is 0 Å². The van der Waals surface area contributed by atoms with Crippen LogP contribution >= 0.6 is 0 Å². The molecule has 0 aromatic heterocycles. The summed E-state index contributed by atoms with van der Waals surface area (Å²) in [7, 11) is 1.80. The topological polar surface area (TPSA) is 12.0 Å². The lowest BCUT2D eigenvalue weighted by Gasteiger charge is -2.39. The van der Waals surface area contributed by atoms with Gasteiger partial charge in [-0.25, -0.2) is 0 Å². The molecule has 0 bridgehead atoms. The SMILES string of the molecule is CNC(CCC(C)(C)C)C1CCCCC1C(F)(F)F. The van der Waals surface area contributed by atoms with Crippen LogP contribution in [0.2, 0.25) is 0 Å². The van der Waals surface area contributed by atoms with Gasteiger partial charge in [0.15, 0.2) is 0 Å². The molecule has 0 amide bonds. The van der Waals surface area contributed by atoms with Crippen molar-refractivity contribution in [3.63, 3.8) is 0 Å². The van der Waals surface area contributed by atoms with Crippen molar-refractivity contribution in [1.82, 2.24) is 5.32 Å². The van der Waals surface area contributed by atoms with Gasteiger partial charge in [-0.1, -0.05) is 33.6 Å². The molecular weight excluding hydrogens is 251 g/mol. The van der Waals surface area contributed by atoms with E-state index in [1.807, 2.05) is 0 Å². The smallest absolute Gasteiger partial charge is 0.317 e. The summed E-state index contributed by atoms with van der Waals surface area (Å²) in [5.74, 6) is -1.36. The zero-order valence-corrected chi connectivity index (χ0v) is 12.6. The highest BCUT2D eigenvalue weighted by molar-refractivity contribution is 4.88. The summed E-state index contributed by atoms with van der Waals surface area (Å²) in [6.07, 6.45) is 0.418. The minimum Gasteiger partial charge on any atom is -0.317 e. The van der Waals surface area contributed by atoms with Gasteiger partial charge in [0.05, 0.1) is 5.92 Å². The first-order valence-corrected chi connectivity index (χ1v) is 7.39. The molecule has 19 heavy (non-hydrogen) atoms. The molecule has 114 valence electrons. The van der Waals surface area contributed by atoms with Crippen LogP contribution in [-0.2, 0) is 0 Å². The number of rotatable bonds is 4. The second-order valence-electron chi connectivity index (χ2n) is 7.09. The van der Waals surface area contributed by atoms with Crippen molar-refractivity contribution in [2.75, 3.05) is 7.05 Å². The Morgan fingerprint density at radius 2 is 1.68 bits per heavy atom. The third kappa shape index (κ3) is 5.33. The summed E-state index contributed by atoms with van der Waals surface area (Å²) in [5, 5.41) is 3.15. The summed E-state index contributed by atoms with van der Waals surface area (Å²) in [4.78, 5) is 0. The van der Waals surface area contributed by atoms with Crippen LogP contribution in [0.3, 0.4) is 0 Å². The van der Waals surface area contributed by atoms with Crippen LogP contribution in [-0.4, -0.2) is 19.3 Å². The van der Waals surface area contributed by atoms with Crippen LogP contribution < -0.4 is 5.32 Å². The molecule has 1 N–H and O–H groups in total. The fourth-order valence-electron chi connectivity index (χ4n) is 3.21. The second-order valence-corrected chi connectivity index (χ2v) is 7.09. The van der Waals surface area contributed by atoms with Crippen molar-refractivity contribution in [3.8, 4) is 0 Å². The molecule has 1 nitrogen and oxygen atoms in total. The van der Waals surface area contributed by atoms with Crippen molar-refractivity contribution in [2.24, 2.45) is 17.3 Å². The standard InChI is InChI=1S/C15H28F3N/c1-14(2,3)10-9-13(19-4)11-7-5-6-8-12(11)15(16,17)18/h11-13,19H,5-10H2,1-4H3. The van der Waals surface area contributed by atoms with E-state index in [-0.39, 0.29) is 17.4 Å². The van der Waals surface area contributed by atoms with Crippen molar-refractivity contribution in [2.45, 2.75) is 71.5 Å². The fraction of sp³-hybridized carbons (Fsp3) is 1.00. The fourth-order valence-corrected chi connectivity index (χ4v) is 3.21. The van der Waals surface area contributed by atoms with Crippen molar-refractivity contribution in [1.29, 1.82) is 0 Å². The molecule has 1 aliphatic rings. The summed E-state index contributed by atoms with van der Waals surface area (Å²) >= 11 is 0. The van der Waals surface area contributed by atoms with E-state index in [1.54, 1.807) is 7.05 Å². The molecule has 1 saturated carbocycles. The first-order chi connectivity index (χ1) is 8.65. The monoisotopic (exact) mass is 279 g/mol. The highest BCUT2D eigenvalue weighted by Gasteiger charge is 2.47. The predicted octanol–water partition coefficient (Wildman–Crippen LogP) is 4.77.